The van der Waals surface area contributed by atoms with Gasteiger partial charge in [-0.05, 0) is 25.0 Å². The van der Waals surface area contributed by atoms with Crippen LogP contribution in [-0.2, 0) is 19.1 Å². The molecular weight excluding hydrogens is 350 g/mol. The number of hydrogen-bond donors (Lipinski definition) is 2. The number of ether oxygens (including phenoxy) is 2. The van der Waals surface area contributed by atoms with Crippen molar-refractivity contribution in [2.24, 2.45) is 11.1 Å². The molecular formula is C20H27NO6. The van der Waals surface area contributed by atoms with Crippen LogP contribution in [0.25, 0.3) is 0 Å². The lowest BCUT2D eigenvalue weighted by Gasteiger charge is -2.40. The van der Waals surface area contributed by atoms with Gasteiger partial charge in [-0.2, -0.15) is 0 Å². The number of nitrogens with two attached hydrogens (primary N) is 1. The van der Waals surface area contributed by atoms with Gasteiger partial charge < -0.3 is 20.3 Å². The molecule has 1 unspecified atom stereocenters. The first-order valence-corrected chi connectivity index (χ1v) is 9.14. The summed E-state index contributed by atoms with van der Waals surface area (Å²) in [7, 11) is 0. The van der Waals surface area contributed by atoms with Crippen molar-refractivity contribution < 1.29 is 29.0 Å². The number of benzene rings is 1. The standard InChI is InChI=1S/C20H27NO6/c1-19(2,26-17(24)14-9-5-3-6-10-14)27-18(25)16(21)20(13-15(22)23)11-7-4-8-12-20/h3,5-6,9-10,16H,4,7-8,11-13,21H2,1-2H3,(H,22,23). The molecule has 0 spiro atoms. The molecule has 7 nitrogen and oxygen atoms in total. The second kappa shape index (κ2) is 8.52. The summed E-state index contributed by atoms with van der Waals surface area (Å²) in [5.41, 5.74) is 5.65. The van der Waals surface area contributed by atoms with E-state index < -0.39 is 35.2 Å². The number of carbonyl (C=O) groups excluding carboxylic acids is 2. The molecule has 0 aliphatic heterocycles. The van der Waals surface area contributed by atoms with E-state index in [1.165, 1.54) is 13.8 Å². The van der Waals surface area contributed by atoms with Gasteiger partial charge in [-0.25, -0.2) is 4.79 Å². The van der Waals surface area contributed by atoms with Crippen LogP contribution in [0.2, 0.25) is 0 Å². The lowest BCUT2D eigenvalue weighted by atomic mass is 9.67. The number of rotatable bonds is 7. The van der Waals surface area contributed by atoms with Gasteiger partial charge in [-0.1, -0.05) is 37.5 Å². The van der Waals surface area contributed by atoms with Crippen molar-refractivity contribution in [2.75, 3.05) is 0 Å². The van der Waals surface area contributed by atoms with Crippen LogP contribution in [0, 0.1) is 5.41 Å². The maximum absolute atomic E-state index is 12.6. The van der Waals surface area contributed by atoms with E-state index in [4.69, 9.17) is 15.2 Å². The van der Waals surface area contributed by atoms with Crippen LogP contribution in [0.5, 0.6) is 0 Å². The highest BCUT2D eigenvalue weighted by Gasteiger charge is 2.45. The van der Waals surface area contributed by atoms with Gasteiger partial charge in [-0.15, -0.1) is 0 Å². The Labute approximate surface area is 158 Å². The Hall–Kier alpha value is -2.41. The summed E-state index contributed by atoms with van der Waals surface area (Å²) in [5.74, 6) is -3.90. The number of hydrogen-bond acceptors (Lipinski definition) is 6. The van der Waals surface area contributed by atoms with E-state index in [1.54, 1.807) is 30.3 Å². The normalized spacial score (nSPS) is 17.6. The quantitative estimate of drug-likeness (QED) is 0.554. The van der Waals surface area contributed by atoms with Crippen LogP contribution in [0.3, 0.4) is 0 Å². The molecule has 1 aliphatic carbocycles. The minimum Gasteiger partial charge on any atom is -0.481 e. The van der Waals surface area contributed by atoms with E-state index in [0.717, 1.165) is 19.3 Å². The van der Waals surface area contributed by atoms with Crippen LogP contribution in [-0.4, -0.2) is 34.8 Å². The zero-order valence-electron chi connectivity index (χ0n) is 15.8. The van der Waals surface area contributed by atoms with Gasteiger partial charge in [-0.3, -0.25) is 9.59 Å². The Morgan fingerprint density at radius 3 is 2.26 bits per heavy atom. The average molecular weight is 377 g/mol. The topological polar surface area (TPSA) is 116 Å². The van der Waals surface area contributed by atoms with Gasteiger partial charge >= 0.3 is 17.9 Å². The highest BCUT2D eigenvalue weighted by molar-refractivity contribution is 5.89. The molecule has 0 amide bonds. The van der Waals surface area contributed by atoms with Crippen LogP contribution >= 0.6 is 0 Å². The third kappa shape index (κ3) is 5.53. The van der Waals surface area contributed by atoms with Gasteiger partial charge in [0.05, 0.1) is 12.0 Å². The maximum atomic E-state index is 12.6. The number of carbonyl (C=O) groups is 3. The molecule has 1 saturated carbocycles. The van der Waals surface area contributed by atoms with Gasteiger partial charge in [0.15, 0.2) is 0 Å². The first kappa shape index (κ1) is 20.9. The fraction of sp³-hybridized carbons (Fsp3) is 0.550. The van der Waals surface area contributed by atoms with Crippen LogP contribution in [0.1, 0.15) is 62.7 Å². The number of carboxylic acids is 1. The minimum atomic E-state index is -1.53. The van der Waals surface area contributed by atoms with E-state index in [0.29, 0.717) is 18.4 Å². The highest BCUT2D eigenvalue weighted by Crippen LogP contribution is 2.42. The summed E-state index contributed by atoms with van der Waals surface area (Å²) in [6, 6.07) is 7.26. The number of carboxylic acid groups (broad SMARTS) is 1. The summed E-state index contributed by atoms with van der Waals surface area (Å²) >= 11 is 0. The summed E-state index contributed by atoms with van der Waals surface area (Å²) < 4.78 is 10.6. The van der Waals surface area contributed by atoms with E-state index in [1.807, 2.05) is 0 Å². The molecule has 148 valence electrons. The molecule has 1 atom stereocenters. The molecule has 1 aromatic carbocycles. The zero-order valence-corrected chi connectivity index (χ0v) is 15.8. The van der Waals surface area contributed by atoms with Crippen LogP contribution < -0.4 is 5.73 Å². The minimum absolute atomic E-state index is 0.187. The summed E-state index contributed by atoms with van der Waals surface area (Å²) in [6.07, 6.45) is 3.55. The van der Waals surface area contributed by atoms with Crippen molar-refractivity contribution in [3.63, 3.8) is 0 Å². The second-order valence-corrected chi connectivity index (χ2v) is 7.55. The molecule has 1 fully saturated rings. The molecule has 0 bridgehead atoms. The first-order valence-electron chi connectivity index (χ1n) is 9.14. The molecule has 27 heavy (non-hydrogen) atoms. The fourth-order valence-corrected chi connectivity index (χ4v) is 3.59. The lowest BCUT2D eigenvalue weighted by molar-refractivity contribution is -0.200. The second-order valence-electron chi connectivity index (χ2n) is 7.55. The smallest absolute Gasteiger partial charge is 0.341 e. The van der Waals surface area contributed by atoms with Gasteiger partial charge in [0, 0.05) is 19.3 Å². The molecule has 0 aromatic heterocycles. The monoisotopic (exact) mass is 377 g/mol. The third-order valence-corrected chi connectivity index (χ3v) is 4.96. The molecule has 7 heteroatoms. The highest BCUT2D eigenvalue weighted by atomic mass is 16.7. The predicted molar refractivity (Wildman–Crippen MR) is 97.8 cm³/mol. The Kier molecular flexibility index (Phi) is 6.59. The molecule has 0 heterocycles. The van der Waals surface area contributed by atoms with Crippen molar-refractivity contribution in [3.05, 3.63) is 35.9 Å². The van der Waals surface area contributed by atoms with Gasteiger partial charge in [0.25, 0.3) is 5.79 Å². The zero-order chi connectivity index (χ0) is 20.1. The lowest BCUT2D eigenvalue weighted by Crippen LogP contribution is -2.52. The maximum Gasteiger partial charge on any atom is 0.341 e. The summed E-state index contributed by atoms with van der Waals surface area (Å²) in [6.45, 7) is 2.90. The molecule has 0 radical (unpaired) electrons. The Morgan fingerprint density at radius 2 is 1.70 bits per heavy atom. The van der Waals surface area contributed by atoms with E-state index in [2.05, 4.69) is 0 Å². The molecule has 1 aliphatic rings. The van der Waals surface area contributed by atoms with Crippen molar-refractivity contribution in [2.45, 2.75) is 64.2 Å². The summed E-state index contributed by atoms with van der Waals surface area (Å²) in [4.78, 5) is 36.1. The Bertz CT molecular complexity index is 679. The number of esters is 2. The third-order valence-electron chi connectivity index (χ3n) is 4.96. The molecule has 3 N–H and O–H groups in total. The molecule has 2 rings (SSSR count). The Balaban J connectivity index is 2.06. The predicted octanol–water partition coefficient (Wildman–Crippen LogP) is 2.88. The molecule has 0 saturated heterocycles. The van der Waals surface area contributed by atoms with Crippen molar-refractivity contribution in [3.8, 4) is 0 Å². The van der Waals surface area contributed by atoms with Crippen LogP contribution in [0.4, 0.5) is 0 Å². The fourth-order valence-electron chi connectivity index (χ4n) is 3.59. The van der Waals surface area contributed by atoms with Crippen molar-refractivity contribution in [1.82, 2.24) is 0 Å². The molecule has 1 aromatic rings. The van der Waals surface area contributed by atoms with E-state index in [9.17, 15) is 19.5 Å². The summed E-state index contributed by atoms with van der Waals surface area (Å²) in [5, 5.41) is 9.26. The van der Waals surface area contributed by atoms with Crippen LogP contribution in [0.15, 0.2) is 30.3 Å². The Morgan fingerprint density at radius 1 is 1.11 bits per heavy atom. The van der Waals surface area contributed by atoms with E-state index in [-0.39, 0.29) is 6.42 Å². The van der Waals surface area contributed by atoms with Gasteiger partial charge in [0.2, 0.25) is 0 Å². The van der Waals surface area contributed by atoms with Crippen molar-refractivity contribution in [1.29, 1.82) is 0 Å². The largest absolute Gasteiger partial charge is 0.481 e. The SMILES string of the molecule is CC(C)(OC(=O)c1ccccc1)OC(=O)C(N)C1(CC(=O)O)CCCCC1. The first-order chi connectivity index (χ1) is 12.7. The van der Waals surface area contributed by atoms with Gasteiger partial charge in [0.1, 0.15) is 6.04 Å². The number of aliphatic carboxylic acids is 1. The van der Waals surface area contributed by atoms with E-state index >= 15 is 0 Å². The average Bonchev–Trinajstić information content (AvgIpc) is 2.61. The van der Waals surface area contributed by atoms with Crippen molar-refractivity contribution >= 4 is 17.9 Å².